The first kappa shape index (κ1) is 21.7. The Balaban J connectivity index is 1.64. The van der Waals surface area contributed by atoms with Crippen molar-refractivity contribution in [3.05, 3.63) is 82.3 Å². The van der Waals surface area contributed by atoms with Gasteiger partial charge in [0.05, 0.1) is 4.92 Å². The minimum atomic E-state index is -0.467. The highest BCUT2D eigenvalue weighted by molar-refractivity contribution is 5.78. The maximum Gasteiger partial charge on any atom is 0.272 e. The fraction of sp³-hybridized carbons (Fsp3) is 0.227. The minimum absolute atomic E-state index is 0.00673. The Bertz CT molecular complexity index is 1090. The van der Waals surface area contributed by atoms with Crippen molar-refractivity contribution >= 4 is 11.6 Å². The highest BCUT2D eigenvalue weighted by atomic mass is 16.6. The zero-order chi connectivity index (χ0) is 22.4. The Kier molecular flexibility index (Phi) is 6.76. The fourth-order valence-electron chi connectivity index (χ4n) is 2.87. The van der Waals surface area contributed by atoms with Gasteiger partial charge >= 0.3 is 0 Å². The Morgan fingerprint density at radius 3 is 2.65 bits per heavy atom. The molecular formula is C22H22N4O5. The summed E-state index contributed by atoms with van der Waals surface area (Å²) in [4.78, 5) is 28.9. The number of aromatic nitrogens is 2. The standard InChI is InChI=1S/C22H22N4O5/c1-4-11-25(13-20-23-22(24-31-20)17-7-5-15(2)6-8-17)21(27)14-30-18-9-10-19(26(28)29)16(3)12-18/h4-10,12H,1,11,13-14H2,2-3H3. The first-order valence-electron chi connectivity index (χ1n) is 9.53. The van der Waals surface area contributed by atoms with E-state index >= 15 is 0 Å². The molecule has 0 saturated carbocycles. The average Bonchev–Trinajstić information content (AvgIpc) is 3.20. The molecule has 0 unspecified atom stereocenters. The number of hydrogen-bond acceptors (Lipinski definition) is 7. The minimum Gasteiger partial charge on any atom is -0.484 e. The van der Waals surface area contributed by atoms with Gasteiger partial charge < -0.3 is 14.2 Å². The highest BCUT2D eigenvalue weighted by Crippen LogP contribution is 2.23. The van der Waals surface area contributed by atoms with Crippen molar-refractivity contribution in [2.45, 2.75) is 20.4 Å². The van der Waals surface area contributed by atoms with Crippen LogP contribution in [0, 0.1) is 24.0 Å². The molecule has 9 heteroatoms. The van der Waals surface area contributed by atoms with E-state index in [1.807, 2.05) is 31.2 Å². The van der Waals surface area contributed by atoms with Gasteiger partial charge in [0.15, 0.2) is 6.61 Å². The third kappa shape index (κ3) is 5.53. The molecule has 0 bridgehead atoms. The van der Waals surface area contributed by atoms with Crippen molar-refractivity contribution in [2.75, 3.05) is 13.2 Å². The van der Waals surface area contributed by atoms with Crippen LogP contribution in [-0.4, -0.2) is 39.0 Å². The topological polar surface area (TPSA) is 112 Å². The molecule has 1 aromatic heterocycles. The van der Waals surface area contributed by atoms with E-state index in [1.165, 1.54) is 23.1 Å². The lowest BCUT2D eigenvalue weighted by atomic mass is 10.1. The molecule has 0 saturated heterocycles. The van der Waals surface area contributed by atoms with E-state index in [4.69, 9.17) is 9.26 Å². The van der Waals surface area contributed by atoms with Crippen molar-refractivity contribution in [2.24, 2.45) is 0 Å². The molecule has 3 aromatic rings. The summed E-state index contributed by atoms with van der Waals surface area (Å²) in [7, 11) is 0. The van der Waals surface area contributed by atoms with E-state index in [-0.39, 0.29) is 37.2 Å². The number of nitro groups is 1. The molecule has 160 valence electrons. The van der Waals surface area contributed by atoms with Crippen LogP contribution < -0.4 is 4.74 Å². The van der Waals surface area contributed by atoms with Crippen molar-refractivity contribution < 1.29 is 19.0 Å². The molecule has 0 N–H and O–H groups in total. The monoisotopic (exact) mass is 422 g/mol. The van der Waals surface area contributed by atoms with E-state index < -0.39 is 4.92 Å². The van der Waals surface area contributed by atoms with Gasteiger partial charge in [-0.15, -0.1) is 6.58 Å². The molecule has 0 radical (unpaired) electrons. The van der Waals surface area contributed by atoms with Gasteiger partial charge in [-0.05, 0) is 26.0 Å². The summed E-state index contributed by atoms with van der Waals surface area (Å²) in [6.45, 7) is 7.40. The van der Waals surface area contributed by atoms with Crippen molar-refractivity contribution in [3.8, 4) is 17.1 Å². The van der Waals surface area contributed by atoms with Gasteiger partial charge in [-0.25, -0.2) is 0 Å². The summed E-state index contributed by atoms with van der Waals surface area (Å²) in [6.07, 6.45) is 1.59. The first-order valence-corrected chi connectivity index (χ1v) is 9.53. The third-order valence-corrected chi connectivity index (χ3v) is 4.53. The molecule has 0 atom stereocenters. The van der Waals surface area contributed by atoms with Crippen molar-refractivity contribution in [1.82, 2.24) is 15.0 Å². The number of hydrogen-bond donors (Lipinski definition) is 0. The molecule has 31 heavy (non-hydrogen) atoms. The number of amides is 1. The van der Waals surface area contributed by atoms with Gasteiger partial charge in [-0.3, -0.25) is 14.9 Å². The second-order valence-electron chi connectivity index (χ2n) is 6.93. The second kappa shape index (κ2) is 9.66. The molecule has 2 aromatic carbocycles. The van der Waals surface area contributed by atoms with E-state index in [0.717, 1.165) is 11.1 Å². The smallest absolute Gasteiger partial charge is 0.272 e. The number of carbonyl (C=O) groups excluding carboxylic acids is 1. The Hall–Kier alpha value is -4.01. The van der Waals surface area contributed by atoms with Crippen LogP contribution >= 0.6 is 0 Å². The molecule has 1 heterocycles. The number of aryl methyl sites for hydroxylation is 2. The van der Waals surface area contributed by atoms with E-state index in [2.05, 4.69) is 16.7 Å². The molecule has 0 fully saturated rings. The second-order valence-corrected chi connectivity index (χ2v) is 6.93. The van der Waals surface area contributed by atoms with Crippen LogP contribution in [0.3, 0.4) is 0 Å². The predicted octanol–water partition coefficient (Wildman–Crippen LogP) is 3.86. The zero-order valence-corrected chi connectivity index (χ0v) is 17.3. The number of ether oxygens (including phenoxy) is 1. The summed E-state index contributed by atoms with van der Waals surface area (Å²) in [5, 5.41) is 14.9. The van der Waals surface area contributed by atoms with Crippen LogP contribution in [0.2, 0.25) is 0 Å². The number of nitrogens with zero attached hydrogens (tertiary/aromatic N) is 4. The van der Waals surface area contributed by atoms with Crippen LogP contribution in [0.25, 0.3) is 11.4 Å². The van der Waals surface area contributed by atoms with Crippen LogP contribution in [0.5, 0.6) is 5.75 Å². The summed E-state index contributed by atoms with van der Waals surface area (Å²) >= 11 is 0. The highest BCUT2D eigenvalue weighted by Gasteiger charge is 2.18. The van der Waals surface area contributed by atoms with E-state index in [0.29, 0.717) is 17.1 Å². The lowest BCUT2D eigenvalue weighted by molar-refractivity contribution is -0.385. The maximum absolute atomic E-state index is 12.6. The first-order chi connectivity index (χ1) is 14.9. The molecule has 0 spiro atoms. The van der Waals surface area contributed by atoms with Crippen LogP contribution in [0.15, 0.2) is 59.6 Å². The third-order valence-electron chi connectivity index (χ3n) is 4.53. The maximum atomic E-state index is 12.6. The van der Waals surface area contributed by atoms with Gasteiger partial charge in [-0.2, -0.15) is 4.98 Å². The van der Waals surface area contributed by atoms with Gasteiger partial charge in [0, 0.05) is 23.7 Å². The van der Waals surface area contributed by atoms with Gasteiger partial charge in [-0.1, -0.05) is 41.1 Å². The average molecular weight is 422 g/mol. The molecular weight excluding hydrogens is 400 g/mol. The van der Waals surface area contributed by atoms with E-state index in [1.54, 1.807) is 13.0 Å². The summed E-state index contributed by atoms with van der Waals surface area (Å²) < 4.78 is 10.8. The Morgan fingerprint density at radius 1 is 1.26 bits per heavy atom. The largest absolute Gasteiger partial charge is 0.484 e. The molecule has 0 aliphatic carbocycles. The molecule has 3 rings (SSSR count). The normalized spacial score (nSPS) is 10.5. The van der Waals surface area contributed by atoms with Crippen LogP contribution in [0.4, 0.5) is 5.69 Å². The molecule has 9 nitrogen and oxygen atoms in total. The molecule has 0 aliphatic heterocycles. The van der Waals surface area contributed by atoms with Crippen molar-refractivity contribution in [3.63, 3.8) is 0 Å². The van der Waals surface area contributed by atoms with Gasteiger partial charge in [0.25, 0.3) is 11.6 Å². The molecule has 1 amide bonds. The van der Waals surface area contributed by atoms with Gasteiger partial charge in [0.1, 0.15) is 12.3 Å². The van der Waals surface area contributed by atoms with E-state index in [9.17, 15) is 14.9 Å². The number of carbonyl (C=O) groups is 1. The molecule has 0 aliphatic rings. The predicted molar refractivity (Wildman–Crippen MR) is 113 cm³/mol. The number of nitro benzene ring substituents is 1. The lowest BCUT2D eigenvalue weighted by Crippen LogP contribution is -2.34. The Labute approximate surface area is 179 Å². The Morgan fingerprint density at radius 2 is 2.00 bits per heavy atom. The van der Waals surface area contributed by atoms with Crippen LogP contribution in [0.1, 0.15) is 17.0 Å². The van der Waals surface area contributed by atoms with Crippen LogP contribution in [-0.2, 0) is 11.3 Å². The lowest BCUT2D eigenvalue weighted by Gasteiger charge is -2.19. The van der Waals surface area contributed by atoms with Gasteiger partial charge in [0.2, 0.25) is 11.7 Å². The quantitative estimate of drug-likeness (QED) is 0.292. The number of benzene rings is 2. The fourth-order valence-corrected chi connectivity index (χ4v) is 2.87. The summed E-state index contributed by atoms with van der Waals surface area (Å²) in [6, 6.07) is 12.0. The summed E-state index contributed by atoms with van der Waals surface area (Å²) in [5.74, 6) is 0.788. The summed E-state index contributed by atoms with van der Waals surface area (Å²) in [5.41, 5.74) is 2.39. The zero-order valence-electron chi connectivity index (χ0n) is 17.3. The van der Waals surface area contributed by atoms with Crippen molar-refractivity contribution in [1.29, 1.82) is 0 Å². The SMILES string of the molecule is C=CCN(Cc1nc(-c2ccc(C)cc2)no1)C(=O)COc1ccc([N+](=O)[O-])c(C)c1. The number of rotatable bonds is 9.